The number of nitrogens with zero attached hydrogens (tertiary/aromatic N) is 2. The Bertz CT molecular complexity index is 598. The Morgan fingerprint density at radius 1 is 1.28 bits per heavy atom. The van der Waals surface area contributed by atoms with Crippen LogP contribution < -0.4 is 11.1 Å². The number of hydrogen-bond donors (Lipinski definition) is 2. The van der Waals surface area contributed by atoms with E-state index >= 15 is 0 Å². The summed E-state index contributed by atoms with van der Waals surface area (Å²) < 4.78 is 0. The minimum Gasteiger partial charge on any atom is -0.393 e. The van der Waals surface area contributed by atoms with Gasteiger partial charge in [0.25, 0.3) is 5.69 Å². The normalized spacial score (nSPS) is 10.1. The highest BCUT2D eigenvalue weighted by Gasteiger charge is 2.10. The lowest BCUT2D eigenvalue weighted by atomic mass is 10.2. The van der Waals surface area contributed by atoms with Crippen LogP contribution in [0.1, 0.15) is 5.56 Å². The number of nitro benzene ring substituents is 1. The molecule has 3 N–H and O–H groups in total. The molecule has 0 radical (unpaired) electrons. The van der Waals surface area contributed by atoms with Crippen LogP contribution in [0.2, 0.25) is 0 Å². The molecule has 0 atom stereocenters. The summed E-state index contributed by atoms with van der Waals surface area (Å²) in [6, 6.07) is 6.43. The molecule has 0 saturated heterocycles. The average Bonchev–Trinajstić information content (AvgIpc) is 2.28. The van der Waals surface area contributed by atoms with Gasteiger partial charge in [0.1, 0.15) is 5.69 Å². The molecule has 18 heavy (non-hydrogen) atoms. The van der Waals surface area contributed by atoms with Crippen molar-refractivity contribution in [2.24, 2.45) is 0 Å². The van der Waals surface area contributed by atoms with Crippen molar-refractivity contribution >= 4 is 22.7 Å². The summed E-state index contributed by atoms with van der Waals surface area (Å²) >= 11 is 0. The minimum atomic E-state index is -0.507. The molecular weight excluding hydrogens is 232 g/mol. The molecule has 92 valence electrons. The second-order valence-electron chi connectivity index (χ2n) is 3.91. The van der Waals surface area contributed by atoms with Crippen molar-refractivity contribution in [1.82, 2.24) is 4.98 Å². The Balaban J connectivity index is 2.25. The zero-order chi connectivity index (χ0) is 13.1. The number of aryl methyl sites for hydroxylation is 1. The van der Waals surface area contributed by atoms with Gasteiger partial charge in [0.15, 0.2) is 0 Å². The quantitative estimate of drug-likeness (QED) is 0.491. The van der Waals surface area contributed by atoms with Crippen molar-refractivity contribution in [3.8, 4) is 0 Å². The van der Waals surface area contributed by atoms with E-state index in [9.17, 15) is 10.1 Å². The number of pyridine rings is 1. The standard InChI is InChI=1S/C12H12N4O2/c1-8-4-10(7-14-6-8)15-9-2-3-12(16(17)18)11(13)5-9/h2-7,15H,13H2,1H3. The Morgan fingerprint density at radius 3 is 2.67 bits per heavy atom. The third-order valence-electron chi connectivity index (χ3n) is 2.39. The number of benzene rings is 1. The maximum absolute atomic E-state index is 10.6. The van der Waals surface area contributed by atoms with Crippen LogP contribution in [0.5, 0.6) is 0 Å². The van der Waals surface area contributed by atoms with E-state index in [1.807, 2.05) is 13.0 Å². The molecule has 0 aliphatic heterocycles. The lowest BCUT2D eigenvalue weighted by molar-refractivity contribution is -0.383. The topological polar surface area (TPSA) is 94.1 Å². The first kappa shape index (κ1) is 11.8. The number of nitrogens with one attached hydrogen (secondary N) is 1. The van der Waals surface area contributed by atoms with Crippen molar-refractivity contribution in [2.75, 3.05) is 11.1 Å². The predicted octanol–water partition coefficient (Wildman–Crippen LogP) is 2.62. The van der Waals surface area contributed by atoms with Gasteiger partial charge in [-0.15, -0.1) is 0 Å². The molecule has 0 aliphatic carbocycles. The van der Waals surface area contributed by atoms with Crippen molar-refractivity contribution < 1.29 is 4.92 Å². The Kier molecular flexibility index (Phi) is 3.09. The first-order valence-electron chi connectivity index (χ1n) is 5.29. The number of anilines is 3. The third kappa shape index (κ3) is 2.54. The Labute approximate surface area is 104 Å². The molecule has 1 aromatic carbocycles. The zero-order valence-electron chi connectivity index (χ0n) is 9.75. The van der Waals surface area contributed by atoms with E-state index in [-0.39, 0.29) is 11.4 Å². The smallest absolute Gasteiger partial charge is 0.292 e. The number of hydrogen-bond acceptors (Lipinski definition) is 5. The highest BCUT2D eigenvalue weighted by atomic mass is 16.6. The van der Waals surface area contributed by atoms with E-state index < -0.39 is 4.92 Å². The van der Waals surface area contributed by atoms with Gasteiger partial charge in [0, 0.05) is 18.0 Å². The summed E-state index contributed by atoms with van der Waals surface area (Å²) in [7, 11) is 0. The van der Waals surface area contributed by atoms with Gasteiger partial charge >= 0.3 is 0 Å². The van der Waals surface area contributed by atoms with Gasteiger partial charge in [-0.25, -0.2) is 0 Å². The number of aromatic nitrogens is 1. The average molecular weight is 244 g/mol. The molecule has 6 heteroatoms. The molecule has 0 aliphatic rings. The molecular formula is C12H12N4O2. The molecule has 0 unspecified atom stereocenters. The summed E-state index contributed by atoms with van der Waals surface area (Å²) in [4.78, 5) is 14.2. The number of nitrogen functional groups attached to an aromatic ring is 1. The summed E-state index contributed by atoms with van der Waals surface area (Å²) in [5.41, 5.74) is 8.16. The second-order valence-corrected chi connectivity index (χ2v) is 3.91. The van der Waals surface area contributed by atoms with Crippen molar-refractivity contribution in [1.29, 1.82) is 0 Å². The van der Waals surface area contributed by atoms with Gasteiger partial charge in [0.05, 0.1) is 16.8 Å². The molecule has 6 nitrogen and oxygen atoms in total. The maximum atomic E-state index is 10.6. The summed E-state index contributed by atoms with van der Waals surface area (Å²) in [6.45, 7) is 1.93. The van der Waals surface area contributed by atoms with Crippen molar-refractivity contribution in [3.05, 3.63) is 52.3 Å². The van der Waals surface area contributed by atoms with Gasteiger partial charge in [-0.2, -0.15) is 0 Å². The third-order valence-corrected chi connectivity index (χ3v) is 2.39. The molecule has 2 aromatic rings. The van der Waals surface area contributed by atoms with E-state index in [0.29, 0.717) is 5.69 Å². The second kappa shape index (κ2) is 4.70. The van der Waals surface area contributed by atoms with Gasteiger partial charge in [-0.3, -0.25) is 15.1 Å². The first-order chi connectivity index (χ1) is 8.56. The Hall–Kier alpha value is -2.63. The van der Waals surface area contributed by atoms with Crippen LogP contribution in [0.3, 0.4) is 0 Å². The van der Waals surface area contributed by atoms with Crippen LogP contribution in [0.25, 0.3) is 0 Å². The fourth-order valence-electron chi connectivity index (χ4n) is 1.59. The fourth-order valence-corrected chi connectivity index (χ4v) is 1.59. The van der Waals surface area contributed by atoms with Crippen LogP contribution in [0.4, 0.5) is 22.7 Å². The molecule has 0 bridgehead atoms. The van der Waals surface area contributed by atoms with Gasteiger partial charge in [0.2, 0.25) is 0 Å². The molecule has 0 fully saturated rings. The van der Waals surface area contributed by atoms with E-state index in [1.54, 1.807) is 18.5 Å². The van der Waals surface area contributed by atoms with Crippen molar-refractivity contribution in [3.63, 3.8) is 0 Å². The highest BCUT2D eigenvalue weighted by molar-refractivity contribution is 5.69. The first-order valence-corrected chi connectivity index (χ1v) is 5.29. The van der Waals surface area contributed by atoms with Crippen LogP contribution in [-0.4, -0.2) is 9.91 Å². The molecule has 1 heterocycles. The molecule has 0 saturated carbocycles. The van der Waals surface area contributed by atoms with Crippen LogP contribution in [0, 0.1) is 17.0 Å². The van der Waals surface area contributed by atoms with Crippen LogP contribution in [-0.2, 0) is 0 Å². The summed E-state index contributed by atoms with van der Waals surface area (Å²) in [5, 5.41) is 13.7. The van der Waals surface area contributed by atoms with E-state index in [2.05, 4.69) is 10.3 Å². The lowest BCUT2D eigenvalue weighted by Crippen LogP contribution is -1.98. The summed E-state index contributed by atoms with van der Waals surface area (Å²) in [6.07, 6.45) is 3.42. The van der Waals surface area contributed by atoms with Gasteiger partial charge < -0.3 is 11.1 Å². The monoisotopic (exact) mass is 244 g/mol. The molecule has 0 spiro atoms. The molecule has 1 aromatic heterocycles. The predicted molar refractivity (Wildman–Crippen MR) is 69.8 cm³/mol. The minimum absolute atomic E-state index is 0.0945. The Morgan fingerprint density at radius 2 is 2.06 bits per heavy atom. The fraction of sp³-hybridized carbons (Fsp3) is 0.0833. The van der Waals surface area contributed by atoms with Gasteiger partial charge in [-0.1, -0.05) is 0 Å². The number of nitro groups is 1. The summed E-state index contributed by atoms with van der Waals surface area (Å²) in [5.74, 6) is 0. The van der Waals surface area contributed by atoms with E-state index in [0.717, 1.165) is 11.3 Å². The van der Waals surface area contributed by atoms with Crippen LogP contribution >= 0.6 is 0 Å². The largest absolute Gasteiger partial charge is 0.393 e. The molecule has 0 amide bonds. The van der Waals surface area contributed by atoms with E-state index in [4.69, 9.17) is 5.73 Å². The van der Waals surface area contributed by atoms with Gasteiger partial charge in [-0.05, 0) is 30.7 Å². The maximum Gasteiger partial charge on any atom is 0.292 e. The molecule has 2 rings (SSSR count). The number of nitrogens with two attached hydrogens (primary N) is 1. The van der Waals surface area contributed by atoms with E-state index in [1.165, 1.54) is 12.1 Å². The SMILES string of the molecule is Cc1cncc(Nc2ccc([N+](=O)[O-])c(N)c2)c1. The number of rotatable bonds is 3. The highest BCUT2D eigenvalue weighted by Crippen LogP contribution is 2.26. The van der Waals surface area contributed by atoms with Crippen molar-refractivity contribution in [2.45, 2.75) is 6.92 Å². The zero-order valence-corrected chi connectivity index (χ0v) is 9.75. The van der Waals surface area contributed by atoms with Crippen LogP contribution in [0.15, 0.2) is 36.7 Å². The lowest BCUT2D eigenvalue weighted by Gasteiger charge is -2.07.